The molecule has 21 heavy (non-hydrogen) atoms. The summed E-state index contributed by atoms with van der Waals surface area (Å²) in [5.41, 5.74) is 1.86. The van der Waals surface area contributed by atoms with Gasteiger partial charge in [-0.3, -0.25) is 0 Å². The van der Waals surface area contributed by atoms with Crippen LogP contribution in [0, 0.1) is 5.92 Å². The number of hydrogen-bond donors (Lipinski definition) is 0. The van der Waals surface area contributed by atoms with Gasteiger partial charge in [-0.15, -0.1) is 0 Å². The summed E-state index contributed by atoms with van der Waals surface area (Å²) in [7, 11) is 0. The summed E-state index contributed by atoms with van der Waals surface area (Å²) in [6.45, 7) is 2.09. The highest BCUT2D eigenvalue weighted by Gasteiger charge is 2.15. The van der Waals surface area contributed by atoms with Gasteiger partial charge in [-0.1, -0.05) is 43.3 Å². The summed E-state index contributed by atoms with van der Waals surface area (Å²) < 4.78 is 11.8. The fourth-order valence-corrected chi connectivity index (χ4v) is 2.66. The van der Waals surface area contributed by atoms with Gasteiger partial charge in [0, 0.05) is 23.1 Å². The van der Waals surface area contributed by atoms with Crippen molar-refractivity contribution in [1.29, 1.82) is 0 Å². The van der Waals surface area contributed by atoms with Crippen LogP contribution in [0.1, 0.15) is 18.4 Å². The summed E-state index contributed by atoms with van der Waals surface area (Å²) in [6, 6.07) is 20.3. The van der Waals surface area contributed by atoms with E-state index in [-0.39, 0.29) is 0 Å². The molecule has 2 aromatic heterocycles. The molecule has 2 heterocycles. The largest absolute Gasteiger partial charge is 0.461 e. The lowest BCUT2D eigenvalue weighted by Gasteiger charge is -2.04. The van der Waals surface area contributed by atoms with Gasteiger partial charge < -0.3 is 8.83 Å². The van der Waals surface area contributed by atoms with Gasteiger partial charge in [0.2, 0.25) is 0 Å². The number of furan rings is 2. The van der Waals surface area contributed by atoms with Crippen molar-refractivity contribution >= 4 is 21.9 Å². The van der Waals surface area contributed by atoms with Gasteiger partial charge in [-0.05, 0) is 24.3 Å². The third kappa shape index (κ3) is 2.23. The molecule has 2 aromatic carbocycles. The van der Waals surface area contributed by atoms with Crippen LogP contribution in [0.15, 0.2) is 69.5 Å². The molecule has 0 amide bonds. The van der Waals surface area contributed by atoms with Crippen molar-refractivity contribution in [2.45, 2.75) is 13.3 Å². The lowest BCUT2D eigenvalue weighted by atomic mass is 10.0. The van der Waals surface area contributed by atoms with E-state index in [0.717, 1.165) is 39.9 Å². The van der Waals surface area contributed by atoms with E-state index in [1.54, 1.807) is 0 Å². The van der Waals surface area contributed by atoms with Crippen LogP contribution in [0.25, 0.3) is 21.9 Å². The lowest BCUT2D eigenvalue weighted by Crippen LogP contribution is -1.96. The first-order valence-electron chi connectivity index (χ1n) is 7.08. The first kappa shape index (κ1) is 12.3. The molecule has 0 aliphatic heterocycles. The van der Waals surface area contributed by atoms with Gasteiger partial charge in [0.25, 0.3) is 0 Å². The molecule has 0 bridgehead atoms. The van der Waals surface area contributed by atoms with Crippen LogP contribution < -0.4 is 0 Å². The van der Waals surface area contributed by atoms with Gasteiger partial charge >= 0.3 is 0 Å². The molecule has 0 unspecified atom stereocenters. The van der Waals surface area contributed by atoms with Crippen molar-refractivity contribution in [2.75, 3.05) is 0 Å². The van der Waals surface area contributed by atoms with Crippen molar-refractivity contribution in [1.82, 2.24) is 0 Å². The molecule has 0 atom stereocenters. The predicted octanol–water partition coefficient (Wildman–Crippen LogP) is 5.36. The molecule has 0 spiro atoms. The smallest absolute Gasteiger partial charge is 0.134 e. The van der Waals surface area contributed by atoms with Crippen LogP contribution in [0.3, 0.4) is 0 Å². The molecule has 0 fully saturated rings. The second-order valence-corrected chi connectivity index (χ2v) is 5.36. The SMILES string of the molecule is C[C](Cc1cc2ccccc2o1)c1cc2ccccc2o1. The normalized spacial score (nSPS) is 11.7. The van der Waals surface area contributed by atoms with Crippen molar-refractivity contribution in [3.8, 4) is 0 Å². The first-order chi connectivity index (χ1) is 10.3. The third-order valence-electron chi connectivity index (χ3n) is 3.76. The molecule has 4 aromatic rings. The average molecular weight is 275 g/mol. The maximum Gasteiger partial charge on any atom is 0.134 e. The molecule has 0 N–H and O–H groups in total. The average Bonchev–Trinajstić information content (AvgIpc) is 3.10. The Labute approximate surface area is 123 Å². The quantitative estimate of drug-likeness (QED) is 0.503. The summed E-state index contributed by atoms with van der Waals surface area (Å²) in [5, 5.41) is 2.28. The first-order valence-corrected chi connectivity index (χ1v) is 7.08. The van der Waals surface area contributed by atoms with E-state index in [0.29, 0.717) is 0 Å². The summed E-state index contributed by atoms with van der Waals surface area (Å²) >= 11 is 0. The maximum absolute atomic E-state index is 5.90. The zero-order chi connectivity index (χ0) is 14.2. The minimum absolute atomic E-state index is 0.758. The molecule has 1 radical (unpaired) electrons. The van der Waals surface area contributed by atoms with Crippen LogP contribution in [0.4, 0.5) is 0 Å². The predicted molar refractivity (Wildman–Crippen MR) is 84.2 cm³/mol. The monoisotopic (exact) mass is 275 g/mol. The summed E-state index contributed by atoms with van der Waals surface area (Å²) in [4.78, 5) is 0. The van der Waals surface area contributed by atoms with Crippen molar-refractivity contribution in [2.24, 2.45) is 0 Å². The molecular formula is C19H15O2. The maximum atomic E-state index is 5.90. The van der Waals surface area contributed by atoms with Crippen LogP contribution in [0.2, 0.25) is 0 Å². The Kier molecular flexibility index (Phi) is 2.81. The highest BCUT2D eigenvalue weighted by atomic mass is 16.3. The summed E-state index contributed by atoms with van der Waals surface area (Å²) in [6.07, 6.45) is 0.758. The standard InChI is InChI=1S/C19H15O2/c1-13(19-12-15-7-3-5-9-18(15)21-19)10-16-11-14-6-2-4-8-17(14)20-16/h2-9,11-12H,10H2,1H3. The van der Waals surface area contributed by atoms with E-state index in [1.807, 2.05) is 36.4 Å². The van der Waals surface area contributed by atoms with E-state index in [4.69, 9.17) is 8.83 Å². The number of hydrogen-bond acceptors (Lipinski definition) is 2. The van der Waals surface area contributed by atoms with Crippen LogP contribution in [-0.4, -0.2) is 0 Å². The topological polar surface area (TPSA) is 26.3 Å². The highest BCUT2D eigenvalue weighted by Crippen LogP contribution is 2.28. The van der Waals surface area contributed by atoms with Crippen LogP contribution in [0.5, 0.6) is 0 Å². The fourth-order valence-electron chi connectivity index (χ4n) is 2.66. The molecule has 2 nitrogen and oxygen atoms in total. The lowest BCUT2D eigenvalue weighted by molar-refractivity contribution is 0.525. The molecule has 0 saturated heterocycles. The number of fused-ring (bicyclic) bond motifs is 2. The van der Waals surface area contributed by atoms with Gasteiger partial charge in [0.05, 0.1) is 0 Å². The molecule has 0 saturated carbocycles. The highest BCUT2D eigenvalue weighted by molar-refractivity contribution is 5.79. The zero-order valence-electron chi connectivity index (χ0n) is 11.8. The minimum Gasteiger partial charge on any atom is -0.461 e. The van der Waals surface area contributed by atoms with Gasteiger partial charge in [0.1, 0.15) is 22.7 Å². The molecule has 103 valence electrons. The van der Waals surface area contributed by atoms with Gasteiger partial charge in [0.15, 0.2) is 0 Å². The number of rotatable bonds is 3. The van der Waals surface area contributed by atoms with E-state index in [9.17, 15) is 0 Å². The molecule has 4 rings (SSSR count). The van der Waals surface area contributed by atoms with E-state index in [1.165, 1.54) is 5.92 Å². The minimum atomic E-state index is 0.758. The second-order valence-electron chi connectivity index (χ2n) is 5.36. The Morgan fingerprint density at radius 3 is 2.10 bits per heavy atom. The Morgan fingerprint density at radius 1 is 0.810 bits per heavy atom. The zero-order valence-corrected chi connectivity index (χ0v) is 11.8. The Morgan fingerprint density at radius 2 is 1.43 bits per heavy atom. The van der Waals surface area contributed by atoms with Crippen molar-refractivity contribution < 1.29 is 8.83 Å². The van der Waals surface area contributed by atoms with Crippen molar-refractivity contribution in [3.63, 3.8) is 0 Å². The van der Waals surface area contributed by atoms with Crippen LogP contribution in [-0.2, 0) is 6.42 Å². The van der Waals surface area contributed by atoms with Crippen molar-refractivity contribution in [3.05, 3.63) is 78.1 Å². The number of benzene rings is 2. The molecule has 0 aliphatic rings. The second kappa shape index (κ2) is 4.81. The summed E-state index contributed by atoms with van der Waals surface area (Å²) in [5.74, 6) is 3.07. The molecule has 0 aliphatic carbocycles. The van der Waals surface area contributed by atoms with E-state index < -0.39 is 0 Å². The number of para-hydroxylation sites is 2. The molecule has 2 heteroatoms. The van der Waals surface area contributed by atoms with E-state index >= 15 is 0 Å². The van der Waals surface area contributed by atoms with E-state index in [2.05, 4.69) is 31.2 Å². The fraction of sp³-hybridized carbons (Fsp3) is 0.105. The van der Waals surface area contributed by atoms with Gasteiger partial charge in [-0.2, -0.15) is 0 Å². The Balaban J connectivity index is 1.63. The molecular weight excluding hydrogens is 260 g/mol. The third-order valence-corrected chi connectivity index (χ3v) is 3.76. The Hall–Kier alpha value is -2.48. The Bertz CT molecular complexity index is 832. The van der Waals surface area contributed by atoms with Gasteiger partial charge in [-0.25, -0.2) is 0 Å². The van der Waals surface area contributed by atoms with Crippen LogP contribution >= 0.6 is 0 Å².